The number of aryl methyl sites for hydroxylation is 1. The van der Waals surface area contributed by atoms with Gasteiger partial charge in [-0.05, 0) is 67.6 Å². The number of hydrogen-bond donors (Lipinski definition) is 1. The molecule has 2 amide bonds. The van der Waals surface area contributed by atoms with Crippen LogP contribution in [0.4, 0.5) is 5.69 Å². The van der Waals surface area contributed by atoms with Gasteiger partial charge in [0.05, 0.1) is 10.6 Å². The molecular weight excluding hydrogens is 602 g/mol. The second kappa shape index (κ2) is 14.1. The Balaban J connectivity index is 1.69. The minimum absolute atomic E-state index is 0.0923. The van der Waals surface area contributed by atoms with Crippen LogP contribution in [0.1, 0.15) is 57.1 Å². The van der Waals surface area contributed by atoms with Crippen LogP contribution < -0.4 is 9.62 Å². The normalized spacial score (nSPS) is 14.7. The Kier molecular flexibility index (Phi) is 10.6. The number of nitrogens with one attached hydrogen (secondary N) is 1. The number of carbonyl (C=O) groups is 2. The number of para-hydroxylation sites is 1. The predicted molar refractivity (Wildman–Crippen MR) is 166 cm³/mol. The Hall–Kier alpha value is -3.17. The van der Waals surface area contributed by atoms with Gasteiger partial charge in [0.25, 0.3) is 10.0 Å². The van der Waals surface area contributed by atoms with E-state index in [9.17, 15) is 18.0 Å². The van der Waals surface area contributed by atoms with Gasteiger partial charge in [-0.2, -0.15) is 0 Å². The number of carbonyl (C=O) groups excluding carboxylic acids is 2. The van der Waals surface area contributed by atoms with Gasteiger partial charge in [0, 0.05) is 17.1 Å². The van der Waals surface area contributed by atoms with E-state index < -0.39 is 28.5 Å². The molecule has 1 fully saturated rings. The summed E-state index contributed by atoms with van der Waals surface area (Å²) in [6.45, 7) is 3.39. The second-order valence-corrected chi connectivity index (χ2v) is 13.3. The van der Waals surface area contributed by atoms with Gasteiger partial charge in [-0.15, -0.1) is 0 Å². The first-order valence-electron chi connectivity index (χ1n) is 14.2. The van der Waals surface area contributed by atoms with E-state index in [2.05, 4.69) is 21.2 Å². The van der Waals surface area contributed by atoms with Crippen molar-refractivity contribution < 1.29 is 18.0 Å². The number of halogens is 1. The average Bonchev–Trinajstić information content (AvgIpc) is 3.00. The van der Waals surface area contributed by atoms with Crippen molar-refractivity contribution in [1.82, 2.24) is 10.2 Å². The number of benzene rings is 3. The fraction of sp³-hybridized carbons (Fsp3) is 0.375. The molecule has 7 nitrogen and oxygen atoms in total. The van der Waals surface area contributed by atoms with Crippen LogP contribution in [0.5, 0.6) is 0 Å². The van der Waals surface area contributed by atoms with E-state index in [0.29, 0.717) is 12.1 Å². The highest BCUT2D eigenvalue weighted by molar-refractivity contribution is 9.10. The third-order valence-corrected chi connectivity index (χ3v) is 9.94. The maximum absolute atomic E-state index is 14.1. The lowest BCUT2D eigenvalue weighted by atomic mass is 9.95. The smallest absolute Gasteiger partial charge is 0.264 e. The SMILES string of the molecule is CCc1ccccc1N(CC(=O)N(Cc1ccc(Br)cc1)[C@H](C)C(=O)NC1CCCCC1)S(=O)(=O)c1ccccc1. The first-order valence-corrected chi connectivity index (χ1v) is 16.4. The fourth-order valence-electron chi connectivity index (χ4n) is 5.22. The van der Waals surface area contributed by atoms with E-state index in [-0.39, 0.29) is 23.4 Å². The van der Waals surface area contributed by atoms with Crippen LogP contribution in [0.15, 0.2) is 88.2 Å². The van der Waals surface area contributed by atoms with Gasteiger partial charge in [0.2, 0.25) is 11.8 Å². The molecule has 0 bridgehead atoms. The van der Waals surface area contributed by atoms with E-state index in [1.807, 2.05) is 43.3 Å². The lowest BCUT2D eigenvalue weighted by molar-refractivity contribution is -0.139. The number of hydrogen-bond acceptors (Lipinski definition) is 4. The molecule has 3 aromatic rings. The third-order valence-electron chi connectivity index (χ3n) is 7.64. The highest BCUT2D eigenvalue weighted by Gasteiger charge is 2.33. The van der Waals surface area contributed by atoms with E-state index in [1.54, 1.807) is 37.3 Å². The molecule has 3 aromatic carbocycles. The summed E-state index contributed by atoms with van der Waals surface area (Å²) in [5.74, 6) is -0.682. The highest BCUT2D eigenvalue weighted by Crippen LogP contribution is 2.28. The number of rotatable bonds is 11. The summed E-state index contributed by atoms with van der Waals surface area (Å²) in [7, 11) is -4.08. The topological polar surface area (TPSA) is 86.8 Å². The van der Waals surface area contributed by atoms with Crippen molar-refractivity contribution in [2.75, 3.05) is 10.8 Å². The molecule has 0 aromatic heterocycles. The van der Waals surface area contributed by atoms with E-state index >= 15 is 0 Å². The Morgan fingerprint density at radius 1 is 0.927 bits per heavy atom. The summed E-state index contributed by atoms with van der Waals surface area (Å²) in [6.07, 6.45) is 5.76. The van der Waals surface area contributed by atoms with Crippen LogP contribution in [-0.4, -0.2) is 43.8 Å². The van der Waals surface area contributed by atoms with Gasteiger partial charge in [-0.1, -0.05) is 90.6 Å². The molecule has 4 rings (SSSR count). The molecule has 1 saturated carbocycles. The second-order valence-electron chi connectivity index (χ2n) is 10.5. The Morgan fingerprint density at radius 2 is 1.56 bits per heavy atom. The molecule has 218 valence electrons. The van der Waals surface area contributed by atoms with E-state index in [0.717, 1.165) is 41.3 Å². The molecule has 0 unspecified atom stereocenters. The number of amides is 2. The maximum atomic E-state index is 14.1. The Morgan fingerprint density at radius 3 is 2.22 bits per heavy atom. The molecule has 0 radical (unpaired) electrons. The van der Waals surface area contributed by atoms with Crippen LogP contribution in [0.2, 0.25) is 0 Å². The molecule has 0 saturated heterocycles. The van der Waals surface area contributed by atoms with Crippen molar-refractivity contribution in [3.8, 4) is 0 Å². The van der Waals surface area contributed by atoms with E-state index in [1.165, 1.54) is 27.8 Å². The van der Waals surface area contributed by atoms with Crippen LogP contribution in [0.3, 0.4) is 0 Å². The summed E-state index contributed by atoms with van der Waals surface area (Å²) in [4.78, 5) is 29.2. The Bertz CT molecular complexity index is 1420. The molecule has 9 heteroatoms. The number of nitrogens with zero attached hydrogens (tertiary/aromatic N) is 2. The number of anilines is 1. The van der Waals surface area contributed by atoms with Gasteiger partial charge in [0.1, 0.15) is 12.6 Å². The average molecular weight is 641 g/mol. The molecule has 0 aliphatic heterocycles. The van der Waals surface area contributed by atoms with Crippen LogP contribution in [0.25, 0.3) is 0 Å². The number of sulfonamides is 1. The zero-order valence-corrected chi connectivity index (χ0v) is 26.0. The predicted octanol–water partition coefficient (Wildman–Crippen LogP) is 6.07. The first kappa shape index (κ1) is 30.8. The van der Waals surface area contributed by atoms with E-state index in [4.69, 9.17) is 0 Å². The van der Waals surface area contributed by atoms with Gasteiger partial charge < -0.3 is 10.2 Å². The first-order chi connectivity index (χ1) is 19.7. The van der Waals surface area contributed by atoms with Crippen LogP contribution >= 0.6 is 15.9 Å². The Labute approximate surface area is 252 Å². The summed E-state index contributed by atoms with van der Waals surface area (Å²) < 4.78 is 30.1. The molecule has 1 aliphatic carbocycles. The van der Waals surface area contributed by atoms with Gasteiger partial charge in [-0.3, -0.25) is 13.9 Å². The lowest BCUT2D eigenvalue weighted by Crippen LogP contribution is -2.53. The molecule has 1 aliphatic rings. The minimum Gasteiger partial charge on any atom is -0.352 e. The molecule has 0 spiro atoms. The molecule has 1 atom stereocenters. The van der Waals surface area contributed by atoms with Crippen molar-refractivity contribution in [2.45, 2.75) is 75.9 Å². The van der Waals surface area contributed by atoms with Crippen LogP contribution in [-0.2, 0) is 32.6 Å². The van der Waals surface area contributed by atoms with Crippen LogP contribution in [0, 0.1) is 0 Å². The summed E-state index contributed by atoms with van der Waals surface area (Å²) in [5, 5.41) is 3.14. The summed E-state index contributed by atoms with van der Waals surface area (Å²) in [6, 6.07) is 22.2. The molecule has 41 heavy (non-hydrogen) atoms. The van der Waals surface area contributed by atoms with Gasteiger partial charge in [0.15, 0.2) is 0 Å². The molecule has 1 N–H and O–H groups in total. The van der Waals surface area contributed by atoms with Crippen molar-refractivity contribution in [3.63, 3.8) is 0 Å². The van der Waals surface area contributed by atoms with Crippen molar-refractivity contribution in [3.05, 3.63) is 94.5 Å². The zero-order valence-electron chi connectivity index (χ0n) is 23.6. The lowest BCUT2D eigenvalue weighted by Gasteiger charge is -2.33. The monoisotopic (exact) mass is 639 g/mol. The highest BCUT2D eigenvalue weighted by atomic mass is 79.9. The van der Waals surface area contributed by atoms with Gasteiger partial charge >= 0.3 is 0 Å². The van der Waals surface area contributed by atoms with Crippen molar-refractivity contribution >= 4 is 43.5 Å². The largest absolute Gasteiger partial charge is 0.352 e. The fourth-order valence-corrected chi connectivity index (χ4v) is 6.96. The van der Waals surface area contributed by atoms with Crippen molar-refractivity contribution in [2.24, 2.45) is 0 Å². The third kappa shape index (κ3) is 7.77. The van der Waals surface area contributed by atoms with Crippen molar-refractivity contribution in [1.29, 1.82) is 0 Å². The minimum atomic E-state index is -4.08. The zero-order chi connectivity index (χ0) is 29.4. The van der Waals surface area contributed by atoms with Gasteiger partial charge in [-0.25, -0.2) is 8.42 Å². The maximum Gasteiger partial charge on any atom is 0.264 e. The standard InChI is InChI=1S/C32H38BrN3O4S/c1-3-26-12-10-11-17-30(26)36(41(39,40)29-15-8-5-9-16-29)23-31(37)35(22-25-18-20-27(33)21-19-25)24(2)32(38)34-28-13-6-4-7-14-28/h5,8-12,15-21,24,28H,3-4,6-7,13-14,22-23H2,1-2H3,(H,34,38)/t24-/m1/s1. The quantitative estimate of drug-likeness (QED) is 0.276. The molecular formula is C32H38BrN3O4S. The summed E-state index contributed by atoms with van der Waals surface area (Å²) in [5.41, 5.74) is 2.10. The molecule has 0 heterocycles. The summed E-state index contributed by atoms with van der Waals surface area (Å²) >= 11 is 3.45.